The largest absolute Gasteiger partial charge is 0.360 e. The SMILES string of the molecule is O=Cc1c[nH]c2ccc(C=CCCBr)cc12. The number of carbonyl (C=O) groups is 1. The molecule has 1 heterocycles. The Morgan fingerprint density at radius 3 is 3.00 bits per heavy atom. The second-order valence-electron chi connectivity index (χ2n) is 3.55. The maximum Gasteiger partial charge on any atom is 0.152 e. The summed E-state index contributed by atoms with van der Waals surface area (Å²) in [7, 11) is 0. The third-order valence-corrected chi connectivity index (χ3v) is 2.91. The molecule has 0 unspecified atom stereocenters. The first-order valence-corrected chi connectivity index (χ1v) is 6.26. The molecule has 3 heteroatoms. The summed E-state index contributed by atoms with van der Waals surface area (Å²) in [6.45, 7) is 0. The van der Waals surface area contributed by atoms with Crippen molar-refractivity contribution in [3.8, 4) is 0 Å². The Bertz CT molecular complexity index is 528. The van der Waals surface area contributed by atoms with Crippen LogP contribution in [0, 0.1) is 0 Å². The van der Waals surface area contributed by atoms with Crippen LogP contribution in [0.1, 0.15) is 22.3 Å². The fourth-order valence-corrected chi connectivity index (χ4v) is 1.91. The van der Waals surface area contributed by atoms with E-state index in [1.165, 1.54) is 0 Å². The predicted octanol–water partition coefficient (Wildman–Crippen LogP) is 3.78. The number of carbonyl (C=O) groups excluding carboxylic acids is 1. The van der Waals surface area contributed by atoms with Crippen LogP contribution in [-0.2, 0) is 0 Å². The molecule has 0 fully saturated rings. The number of alkyl halides is 1. The van der Waals surface area contributed by atoms with Gasteiger partial charge < -0.3 is 4.98 Å². The fourth-order valence-electron chi connectivity index (χ4n) is 1.64. The van der Waals surface area contributed by atoms with Gasteiger partial charge in [0.05, 0.1) is 0 Å². The van der Waals surface area contributed by atoms with Gasteiger partial charge in [-0.1, -0.05) is 34.1 Å². The van der Waals surface area contributed by atoms with Crippen LogP contribution in [0.3, 0.4) is 0 Å². The number of hydrogen-bond acceptors (Lipinski definition) is 1. The molecule has 0 bridgehead atoms. The van der Waals surface area contributed by atoms with Crippen LogP contribution < -0.4 is 0 Å². The smallest absolute Gasteiger partial charge is 0.152 e. The zero-order valence-corrected chi connectivity index (χ0v) is 10.3. The fraction of sp³-hybridized carbons (Fsp3) is 0.154. The molecule has 16 heavy (non-hydrogen) atoms. The van der Waals surface area contributed by atoms with Crippen LogP contribution in [0.4, 0.5) is 0 Å². The molecule has 0 aliphatic carbocycles. The van der Waals surface area contributed by atoms with Gasteiger partial charge in [-0.05, 0) is 24.1 Å². The van der Waals surface area contributed by atoms with Crippen molar-refractivity contribution in [2.75, 3.05) is 5.33 Å². The summed E-state index contributed by atoms with van der Waals surface area (Å²) >= 11 is 3.38. The van der Waals surface area contributed by atoms with Crippen LogP contribution >= 0.6 is 15.9 Å². The molecule has 2 aromatic rings. The molecule has 82 valence electrons. The van der Waals surface area contributed by atoms with Crippen molar-refractivity contribution in [2.24, 2.45) is 0 Å². The van der Waals surface area contributed by atoms with Crippen molar-refractivity contribution in [1.82, 2.24) is 4.98 Å². The van der Waals surface area contributed by atoms with Crippen LogP contribution in [0.2, 0.25) is 0 Å². The molecular weight excluding hydrogens is 266 g/mol. The van der Waals surface area contributed by atoms with E-state index in [-0.39, 0.29) is 0 Å². The first kappa shape index (κ1) is 11.1. The van der Waals surface area contributed by atoms with E-state index >= 15 is 0 Å². The Morgan fingerprint density at radius 2 is 2.25 bits per heavy atom. The molecule has 0 aliphatic rings. The summed E-state index contributed by atoms with van der Waals surface area (Å²) in [5.41, 5.74) is 2.83. The quantitative estimate of drug-likeness (QED) is 0.670. The molecule has 0 radical (unpaired) electrons. The first-order valence-electron chi connectivity index (χ1n) is 5.14. The Balaban J connectivity index is 2.37. The number of aldehydes is 1. The number of fused-ring (bicyclic) bond motifs is 1. The van der Waals surface area contributed by atoms with E-state index in [0.29, 0.717) is 5.56 Å². The van der Waals surface area contributed by atoms with Gasteiger partial charge in [0.15, 0.2) is 6.29 Å². The highest BCUT2D eigenvalue weighted by atomic mass is 79.9. The molecule has 1 N–H and O–H groups in total. The number of aromatic amines is 1. The normalized spacial score (nSPS) is 11.3. The molecule has 0 atom stereocenters. The van der Waals surface area contributed by atoms with Crippen molar-refractivity contribution in [2.45, 2.75) is 6.42 Å². The summed E-state index contributed by atoms with van der Waals surface area (Å²) in [6.07, 6.45) is 7.81. The summed E-state index contributed by atoms with van der Waals surface area (Å²) in [5.74, 6) is 0. The van der Waals surface area contributed by atoms with Gasteiger partial charge >= 0.3 is 0 Å². The number of hydrogen-bond donors (Lipinski definition) is 1. The zero-order chi connectivity index (χ0) is 11.4. The van der Waals surface area contributed by atoms with E-state index < -0.39 is 0 Å². The highest BCUT2D eigenvalue weighted by molar-refractivity contribution is 9.09. The lowest BCUT2D eigenvalue weighted by molar-refractivity contribution is 0.112. The molecule has 1 aromatic carbocycles. The highest BCUT2D eigenvalue weighted by Crippen LogP contribution is 2.19. The second-order valence-corrected chi connectivity index (χ2v) is 4.34. The van der Waals surface area contributed by atoms with Crippen LogP contribution in [0.15, 0.2) is 30.5 Å². The lowest BCUT2D eigenvalue weighted by Crippen LogP contribution is -1.77. The first-order chi connectivity index (χ1) is 7.85. The van der Waals surface area contributed by atoms with Gasteiger partial charge in [0, 0.05) is 28.0 Å². The molecular formula is C13H12BrNO. The summed E-state index contributed by atoms with van der Waals surface area (Å²) in [5, 5.41) is 1.95. The molecule has 2 nitrogen and oxygen atoms in total. The third-order valence-electron chi connectivity index (χ3n) is 2.45. The number of aromatic nitrogens is 1. The molecule has 0 saturated heterocycles. The third kappa shape index (κ3) is 2.25. The van der Waals surface area contributed by atoms with Crippen molar-refractivity contribution < 1.29 is 4.79 Å². The van der Waals surface area contributed by atoms with Crippen LogP contribution in [0.25, 0.3) is 17.0 Å². The number of rotatable bonds is 4. The number of benzene rings is 1. The maximum atomic E-state index is 10.8. The highest BCUT2D eigenvalue weighted by Gasteiger charge is 2.01. The van der Waals surface area contributed by atoms with Gasteiger partial charge in [0.2, 0.25) is 0 Å². The van der Waals surface area contributed by atoms with Crippen LogP contribution in [-0.4, -0.2) is 16.6 Å². The monoisotopic (exact) mass is 277 g/mol. The Kier molecular flexibility index (Phi) is 3.57. The average Bonchev–Trinajstić information content (AvgIpc) is 2.71. The van der Waals surface area contributed by atoms with Gasteiger partial charge in [-0.15, -0.1) is 0 Å². The Morgan fingerprint density at radius 1 is 1.38 bits per heavy atom. The Labute approximate surface area is 102 Å². The van der Waals surface area contributed by atoms with Gasteiger partial charge in [0.1, 0.15) is 0 Å². The average molecular weight is 278 g/mol. The minimum atomic E-state index is 0.714. The summed E-state index contributed by atoms with van der Waals surface area (Å²) in [4.78, 5) is 13.9. The molecule has 0 spiro atoms. The summed E-state index contributed by atoms with van der Waals surface area (Å²) in [6, 6.07) is 6.06. The molecule has 2 rings (SSSR count). The van der Waals surface area contributed by atoms with Gasteiger partial charge in [-0.3, -0.25) is 4.79 Å². The lowest BCUT2D eigenvalue weighted by atomic mass is 10.1. The van der Waals surface area contributed by atoms with Crippen molar-refractivity contribution in [3.63, 3.8) is 0 Å². The number of H-pyrrole nitrogens is 1. The molecule has 0 saturated carbocycles. The van der Waals surface area contributed by atoms with E-state index in [4.69, 9.17) is 0 Å². The minimum absolute atomic E-state index is 0.714. The number of allylic oxidation sites excluding steroid dienone is 1. The van der Waals surface area contributed by atoms with Crippen LogP contribution in [0.5, 0.6) is 0 Å². The van der Waals surface area contributed by atoms with E-state index in [0.717, 1.165) is 34.5 Å². The zero-order valence-electron chi connectivity index (χ0n) is 8.74. The van der Waals surface area contributed by atoms with Crippen molar-refractivity contribution in [3.05, 3.63) is 41.6 Å². The van der Waals surface area contributed by atoms with Crippen molar-refractivity contribution >= 4 is 39.2 Å². The summed E-state index contributed by atoms with van der Waals surface area (Å²) < 4.78 is 0. The van der Waals surface area contributed by atoms with Gasteiger partial charge in [0.25, 0.3) is 0 Å². The lowest BCUT2D eigenvalue weighted by Gasteiger charge is -1.95. The van der Waals surface area contributed by atoms with E-state index in [1.54, 1.807) is 6.20 Å². The standard InChI is InChI=1S/C13H12BrNO/c14-6-2-1-3-10-4-5-13-12(7-10)11(9-16)8-15-13/h1,3-5,7-9,15H,2,6H2. The van der Waals surface area contributed by atoms with Gasteiger partial charge in [-0.25, -0.2) is 0 Å². The van der Waals surface area contributed by atoms with Crippen molar-refractivity contribution in [1.29, 1.82) is 0 Å². The van der Waals surface area contributed by atoms with E-state index in [1.807, 2.05) is 18.2 Å². The molecule has 0 amide bonds. The minimum Gasteiger partial charge on any atom is -0.360 e. The molecule has 1 aromatic heterocycles. The second kappa shape index (κ2) is 5.12. The maximum absolute atomic E-state index is 10.8. The number of halogens is 1. The number of nitrogens with one attached hydrogen (secondary N) is 1. The predicted molar refractivity (Wildman–Crippen MR) is 71.1 cm³/mol. The van der Waals surface area contributed by atoms with E-state index in [9.17, 15) is 4.79 Å². The van der Waals surface area contributed by atoms with Gasteiger partial charge in [-0.2, -0.15) is 0 Å². The Hall–Kier alpha value is -1.35. The topological polar surface area (TPSA) is 32.9 Å². The van der Waals surface area contributed by atoms with E-state index in [2.05, 4.69) is 33.1 Å². The molecule has 0 aliphatic heterocycles.